The minimum atomic E-state index is -0.189. The number of rotatable bonds is 3. The maximum absolute atomic E-state index is 12.0. The van der Waals surface area contributed by atoms with Crippen molar-refractivity contribution in [3.05, 3.63) is 29.3 Å². The lowest BCUT2D eigenvalue weighted by Crippen LogP contribution is -2.30. The van der Waals surface area contributed by atoms with Crippen LogP contribution in [0.1, 0.15) is 22.3 Å². The lowest BCUT2D eigenvalue weighted by Gasteiger charge is -2.12. The number of likely N-dealkylation sites (tertiary alicyclic amines) is 1. The lowest BCUT2D eigenvalue weighted by atomic mass is 10.1. The van der Waals surface area contributed by atoms with Gasteiger partial charge in [0.1, 0.15) is 5.75 Å². The van der Waals surface area contributed by atoms with Crippen molar-refractivity contribution in [1.29, 1.82) is 0 Å². The molecule has 98 valence electrons. The van der Waals surface area contributed by atoms with E-state index in [1.54, 1.807) is 18.2 Å². The molecule has 0 bridgehead atoms. The molecule has 1 saturated heterocycles. The van der Waals surface area contributed by atoms with Gasteiger partial charge in [-0.25, -0.2) is 0 Å². The summed E-state index contributed by atoms with van der Waals surface area (Å²) in [6.45, 7) is 4.70. The number of hydrogen-bond acceptors (Lipinski definition) is 3. The maximum atomic E-state index is 12.0. The van der Waals surface area contributed by atoms with Crippen molar-refractivity contribution in [1.82, 2.24) is 10.2 Å². The highest BCUT2D eigenvalue weighted by Gasteiger charge is 2.20. The van der Waals surface area contributed by atoms with Crippen LogP contribution < -0.4 is 5.32 Å². The number of nitrogens with zero attached hydrogens (tertiary/aromatic N) is 1. The molecular weight excluding hydrogens is 228 g/mol. The van der Waals surface area contributed by atoms with Gasteiger partial charge in [-0.2, -0.15) is 0 Å². The van der Waals surface area contributed by atoms with Crippen molar-refractivity contribution in [2.75, 3.05) is 26.7 Å². The zero-order chi connectivity index (χ0) is 13.1. The summed E-state index contributed by atoms with van der Waals surface area (Å²) in [5, 5.41) is 12.6. The minimum Gasteiger partial charge on any atom is -0.507 e. The Kier molecular flexibility index (Phi) is 3.87. The van der Waals surface area contributed by atoms with Crippen LogP contribution in [0.3, 0.4) is 0 Å². The number of amides is 1. The Balaban J connectivity index is 1.93. The molecular formula is C14H20N2O2. The zero-order valence-electron chi connectivity index (χ0n) is 10.9. The van der Waals surface area contributed by atoms with Crippen molar-refractivity contribution in [2.24, 2.45) is 5.92 Å². The Labute approximate surface area is 108 Å². The van der Waals surface area contributed by atoms with Crippen LogP contribution in [0.2, 0.25) is 0 Å². The summed E-state index contributed by atoms with van der Waals surface area (Å²) in [5.74, 6) is 0.373. The van der Waals surface area contributed by atoms with Crippen LogP contribution >= 0.6 is 0 Å². The molecule has 1 aliphatic rings. The van der Waals surface area contributed by atoms with Gasteiger partial charge in [0.2, 0.25) is 0 Å². The minimum absolute atomic E-state index is 0.0432. The number of hydrogen-bond donors (Lipinski definition) is 2. The predicted octanol–water partition coefficient (Wildman–Crippen LogP) is 1.38. The quantitative estimate of drug-likeness (QED) is 0.849. The van der Waals surface area contributed by atoms with Crippen LogP contribution in [0.5, 0.6) is 5.75 Å². The second-order valence-corrected chi connectivity index (χ2v) is 5.15. The molecule has 0 saturated carbocycles. The molecule has 1 fully saturated rings. The monoisotopic (exact) mass is 248 g/mol. The summed E-state index contributed by atoms with van der Waals surface area (Å²) in [7, 11) is 2.09. The van der Waals surface area contributed by atoms with E-state index < -0.39 is 0 Å². The fraction of sp³-hybridized carbons (Fsp3) is 0.500. The molecule has 2 rings (SSSR count). The van der Waals surface area contributed by atoms with E-state index in [0.29, 0.717) is 18.0 Å². The number of phenolic OH excluding ortho intramolecular Hbond substituents is 1. The first-order chi connectivity index (χ1) is 8.56. The molecule has 0 spiro atoms. The standard InChI is InChI=1S/C14H20N2O2/c1-10-3-4-13(17)12(7-10)14(18)15-8-11-5-6-16(2)9-11/h3-4,7,11,17H,5-6,8-9H2,1-2H3,(H,15,18). The molecule has 4 nitrogen and oxygen atoms in total. The molecule has 1 heterocycles. The number of aryl methyl sites for hydroxylation is 1. The van der Waals surface area contributed by atoms with Crippen molar-refractivity contribution in [3.8, 4) is 5.75 Å². The van der Waals surface area contributed by atoms with Gasteiger partial charge in [-0.05, 0) is 45.0 Å². The van der Waals surface area contributed by atoms with Gasteiger partial charge in [-0.15, -0.1) is 0 Å². The molecule has 1 aliphatic heterocycles. The number of phenols is 1. The molecule has 2 N–H and O–H groups in total. The molecule has 1 amide bonds. The third-order valence-corrected chi connectivity index (χ3v) is 3.44. The second kappa shape index (κ2) is 5.40. The van der Waals surface area contributed by atoms with Crippen molar-refractivity contribution in [3.63, 3.8) is 0 Å². The van der Waals surface area contributed by atoms with Crippen LogP contribution in [-0.4, -0.2) is 42.6 Å². The first-order valence-corrected chi connectivity index (χ1v) is 6.32. The molecule has 0 radical (unpaired) electrons. The smallest absolute Gasteiger partial charge is 0.255 e. The van der Waals surface area contributed by atoms with Crippen LogP contribution in [0, 0.1) is 12.8 Å². The van der Waals surface area contributed by atoms with E-state index in [2.05, 4.69) is 17.3 Å². The predicted molar refractivity (Wildman–Crippen MR) is 70.8 cm³/mol. The van der Waals surface area contributed by atoms with E-state index in [1.807, 2.05) is 6.92 Å². The molecule has 1 atom stereocenters. The highest BCUT2D eigenvalue weighted by molar-refractivity contribution is 5.96. The van der Waals surface area contributed by atoms with E-state index >= 15 is 0 Å². The van der Waals surface area contributed by atoms with E-state index in [-0.39, 0.29) is 11.7 Å². The average Bonchev–Trinajstić information content (AvgIpc) is 2.75. The van der Waals surface area contributed by atoms with Crippen molar-refractivity contribution >= 4 is 5.91 Å². The molecule has 0 aliphatic carbocycles. The number of carbonyl (C=O) groups excluding carboxylic acids is 1. The van der Waals surface area contributed by atoms with Crippen LogP contribution in [0.15, 0.2) is 18.2 Å². The van der Waals surface area contributed by atoms with Gasteiger partial charge >= 0.3 is 0 Å². The van der Waals surface area contributed by atoms with E-state index in [4.69, 9.17) is 0 Å². The molecule has 18 heavy (non-hydrogen) atoms. The SMILES string of the molecule is Cc1ccc(O)c(C(=O)NCC2CCN(C)C2)c1. The van der Waals surface area contributed by atoms with E-state index in [1.165, 1.54) is 0 Å². The number of nitrogens with one attached hydrogen (secondary N) is 1. The topological polar surface area (TPSA) is 52.6 Å². The summed E-state index contributed by atoms with van der Waals surface area (Å²) in [5.41, 5.74) is 1.33. The van der Waals surface area contributed by atoms with E-state index in [0.717, 1.165) is 25.1 Å². The Hall–Kier alpha value is -1.55. The van der Waals surface area contributed by atoms with Gasteiger partial charge in [0, 0.05) is 13.1 Å². The van der Waals surface area contributed by atoms with Crippen molar-refractivity contribution < 1.29 is 9.90 Å². The molecule has 0 aromatic heterocycles. The summed E-state index contributed by atoms with van der Waals surface area (Å²) in [4.78, 5) is 14.2. The zero-order valence-corrected chi connectivity index (χ0v) is 10.9. The Morgan fingerprint density at radius 3 is 3.00 bits per heavy atom. The van der Waals surface area contributed by atoms with Crippen LogP contribution in [-0.2, 0) is 0 Å². The van der Waals surface area contributed by atoms with Gasteiger partial charge in [0.25, 0.3) is 5.91 Å². The van der Waals surface area contributed by atoms with Gasteiger partial charge in [0.05, 0.1) is 5.56 Å². The second-order valence-electron chi connectivity index (χ2n) is 5.15. The first kappa shape index (κ1) is 12.9. The van der Waals surface area contributed by atoms with Gasteiger partial charge < -0.3 is 15.3 Å². The van der Waals surface area contributed by atoms with Gasteiger partial charge in [-0.3, -0.25) is 4.79 Å². The fourth-order valence-electron chi connectivity index (χ4n) is 2.36. The number of aromatic hydroxyl groups is 1. The number of carbonyl (C=O) groups is 1. The maximum Gasteiger partial charge on any atom is 0.255 e. The van der Waals surface area contributed by atoms with Gasteiger partial charge in [0.15, 0.2) is 0 Å². The van der Waals surface area contributed by atoms with Crippen LogP contribution in [0.25, 0.3) is 0 Å². The number of benzene rings is 1. The largest absolute Gasteiger partial charge is 0.507 e. The lowest BCUT2D eigenvalue weighted by molar-refractivity contribution is 0.0945. The molecule has 4 heteroatoms. The third-order valence-electron chi connectivity index (χ3n) is 3.44. The molecule has 1 aromatic rings. The summed E-state index contributed by atoms with van der Waals surface area (Å²) in [6, 6.07) is 5.07. The summed E-state index contributed by atoms with van der Waals surface area (Å²) >= 11 is 0. The third kappa shape index (κ3) is 3.01. The average molecular weight is 248 g/mol. The normalized spacial score (nSPS) is 20.0. The Morgan fingerprint density at radius 2 is 2.33 bits per heavy atom. The van der Waals surface area contributed by atoms with Crippen LogP contribution in [0.4, 0.5) is 0 Å². The summed E-state index contributed by atoms with van der Waals surface area (Å²) in [6.07, 6.45) is 1.12. The highest BCUT2D eigenvalue weighted by atomic mass is 16.3. The fourth-order valence-corrected chi connectivity index (χ4v) is 2.36. The Morgan fingerprint density at radius 1 is 1.56 bits per heavy atom. The molecule has 1 aromatic carbocycles. The summed E-state index contributed by atoms with van der Waals surface area (Å²) < 4.78 is 0. The first-order valence-electron chi connectivity index (χ1n) is 6.32. The van der Waals surface area contributed by atoms with E-state index in [9.17, 15) is 9.90 Å². The van der Waals surface area contributed by atoms with Gasteiger partial charge in [-0.1, -0.05) is 11.6 Å². The van der Waals surface area contributed by atoms with Crippen molar-refractivity contribution in [2.45, 2.75) is 13.3 Å². The molecule has 1 unspecified atom stereocenters. The Bertz CT molecular complexity index is 445. The highest BCUT2D eigenvalue weighted by Crippen LogP contribution is 2.18.